The summed E-state index contributed by atoms with van der Waals surface area (Å²) in [5.41, 5.74) is 1.12. The monoisotopic (exact) mass is 553 g/mol. The quantitative estimate of drug-likeness (QED) is 0.406. The molecular weight excluding hydrogens is 522 g/mol. The molecule has 1 fully saturated rings. The van der Waals surface area contributed by atoms with Crippen LogP contribution in [0.25, 0.3) is 11.1 Å². The Morgan fingerprint density at radius 1 is 0.949 bits per heavy atom. The predicted molar refractivity (Wildman–Crippen MR) is 145 cm³/mol. The molecule has 0 unspecified atom stereocenters. The van der Waals surface area contributed by atoms with Gasteiger partial charge in [-0.3, -0.25) is 4.79 Å². The summed E-state index contributed by atoms with van der Waals surface area (Å²) in [5.74, 6) is 0.553. The molecule has 1 heterocycles. The van der Waals surface area contributed by atoms with Crippen LogP contribution in [0.1, 0.15) is 31.1 Å². The van der Waals surface area contributed by atoms with E-state index in [2.05, 4.69) is 5.32 Å². The van der Waals surface area contributed by atoms with E-state index in [1.807, 2.05) is 35.1 Å². The summed E-state index contributed by atoms with van der Waals surface area (Å²) in [7, 11) is -2.87. The van der Waals surface area contributed by atoms with Crippen molar-refractivity contribution in [1.29, 1.82) is 0 Å². The first-order valence-electron chi connectivity index (χ1n) is 12.2. The van der Waals surface area contributed by atoms with E-state index < -0.39 is 33.6 Å². The topological polar surface area (TPSA) is 134 Å². The Kier molecular flexibility index (Phi) is 7.84. The Hall–Kier alpha value is -4.09. The molecule has 11 heteroatoms. The standard InChI is InChI=1S/C28H31N3O7S/c1-28(2,3)29-27(34)30-39(35,36)25-15-20(26(33)31-16-21(32)17-31)10-13-24(25)38-23-7-5-6-19(14-23)18-8-11-22(37-4)12-9-18/h5-15,21,32H,16-17H2,1-4H3,(H2,29,30,34). The third-order valence-electron chi connectivity index (χ3n) is 5.83. The maximum atomic E-state index is 13.3. The summed E-state index contributed by atoms with van der Waals surface area (Å²) in [6, 6.07) is 17.6. The average molecular weight is 554 g/mol. The van der Waals surface area contributed by atoms with Gasteiger partial charge in [0.05, 0.1) is 13.2 Å². The zero-order valence-corrected chi connectivity index (χ0v) is 22.9. The van der Waals surface area contributed by atoms with Gasteiger partial charge >= 0.3 is 6.03 Å². The highest BCUT2D eigenvalue weighted by atomic mass is 32.2. The molecule has 0 aliphatic carbocycles. The number of amides is 3. The van der Waals surface area contributed by atoms with Crippen molar-refractivity contribution in [3.05, 3.63) is 72.3 Å². The van der Waals surface area contributed by atoms with Crippen LogP contribution < -0.4 is 19.5 Å². The Bertz CT molecular complexity index is 1480. The second kappa shape index (κ2) is 11.0. The number of rotatable bonds is 7. The number of benzene rings is 3. The van der Waals surface area contributed by atoms with Crippen LogP contribution in [0.5, 0.6) is 17.2 Å². The lowest BCUT2D eigenvalue weighted by atomic mass is 10.1. The van der Waals surface area contributed by atoms with Crippen LogP contribution in [0, 0.1) is 0 Å². The highest BCUT2D eigenvalue weighted by Gasteiger charge is 2.32. The van der Waals surface area contributed by atoms with Crippen molar-refractivity contribution in [2.75, 3.05) is 20.2 Å². The zero-order chi connectivity index (χ0) is 28.4. The fraction of sp³-hybridized carbons (Fsp3) is 0.286. The van der Waals surface area contributed by atoms with Crippen LogP contribution in [-0.2, 0) is 10.0 Å². The van der Waals surface area contributed by atoms with Crippen LogP contribution >= 0.6 is 0 Å². The van der Waals surface area contributed by atoms with Gasteiger partial charge in [-0.05, 0) is 74.4 Å². The minimum Gasteiger partial charge on any atom is -0.497 e. The minimum absolute atomic E-state index is 0.0712. The SMILES string of the molecule is COc1ccc(-c2cccc(Oc3ccc(C(=O)N4CC(O)C4)cc3S(=O)(=O)NC(=O)NC(C)(C)C)c2)cc1. The number of carbonyl (C=O) groups excluding carboxylic acids is 2. The second-order valence-electron chi connectivity index (χ2n) is 10.2. The number of urea groups is 1. The van der Waals surface area contributed by atoms with Gasteiger partial charge in [-0.2, -0.15) is 0 Å². The molecule has 1 aliphatic rings. The third kappa shape index (κ3) is 6.87. The molecule has 0 atom stereocenters. The Morgan fingerprint density at radius 2 is 1.64 bits per heavy atom. The van der Waals surface area contributed by atoms with Gasteiger partial charge in [0.25, 0.3) is 15.9 Å². The Balaban J connectivity index is 1.68. The number of likely N-dealkylation sites (tertiary alicyclic amines) is 1. The third-order valence-corrected chi connectivity index (χ3v) is 7.18. The molecule has 0 aromatic heterocycles. The van der Waals surface area contributed by atoms with Crippen molar-refractivity contribution < 1.29 is 32.6 Å². The van der Waals surface area contributed by atoms with Gasteiger partial charge in [-0.25, -0.2) is 17.9 Å². The highest BCUT2D eigenvalue weighted by Crippen LogP contribution is 2.33. The van der Waals surface area contributed by atoms with E-state index in [9.17, 15) is 23.1 Å². The lowest BCUT2D eigenvalue weighted by Gasteiger charge is -2.36. The number of ether oxygens (including phenoxy) is 2. The van der Waals surface area contributed by atoms with Gasteiger partial charge in [-0.15, -0.1) is 0 Å². The van der Waals surface area contributed by atoms with Crippen LogP contribution in [0.15, 0.2) is 71.6 Å². The average Bonchev–Trinajstić information content (AvgIpc) is 2.85. The largest absolute Gasteiger partial charge is 0.497 e. The number of hydrogen-bond acceptors (Lipinski definition) is 7. The number of nitrogens with zero attached hydrogens (tertiary/aromatic N) is 1. The first-order valence-corrected chi connectivity index (χ1v) is 13.7. The van der Waals surface area contributed by atoms with E-state index >= 15 is 0 Å². The van der Waals surface area contributed by atoms with E-state index in [-0.39, 0.29) is 29.3 Å². The number of β-amino-alcohol motifs (C(OH)–C–C–N with tert-alkyl or cyclic N) is 1. The van der Waals surface area contributed by atoms with Gasteiger partial charge < -0.3 is 24.8 Å². The number of aliphatic hydroxyl groups excluding tert-OH is 1. The fourth-order valence-electron chi connectivity index (χ4n) is 3.93. The van der Waals surface area contributed by atoms with Crippen molar-refractivity contribution in [3.8, 4) is 28.4 Å². The number of aliphatic hydroxyl groups is 1. The molecule has 1 aliphatic heterocycles. The molecule has 4 rings (SSSR count). The summed E-state index contributed by atoms with van der Waals surface area (Å²) in [5, 5.41) is 12.1. The molecule has 0 radical (unpaired) electrons. The molecule has 10 nitrogen and oxygen atoms in total. The van der Waals surface area contributed by atoms with Gasteiger partial charge in [0.1, 0.15) is 22.1 Å². The first kappa shape index (κ1) is 27.9. The molecule has 39 heavy (non-hydrogen) atoms. The van der Waals surface area contributed by atoms with Crippen molar-refractivity contribution in [1.82, 2.24) is 14.9 Å². The molecule has 0 bridgehead atoms. The van der Waals surface area contributed by atoms with Crippen molar-refractivity contribution >= 4 is 22.0 Å². The first-order chi connectivity index (χ1) is 18.3. The summed E-state index contributed by atoms with van der Waals surface area (Å²) >= 11 is 0. The minimum atomic E-state index is -4.45. The lowest BCUT2D eigenvalue weighted by molar-refractivity contribution is 0.00587. The van der Waals surface area contributed by atoms with Crippen molar-refractivity contribution in [3.63, 3.8) is 0 Å². The van der Waals surface area contributed by atoms with E-state index in [4.69, 9.17) is 9.47 Å². The smallest absolute Gasteiger partial charge is 0.329 e. The summed E-state index contributed by atoms with van der Waals surface area (Å²) in [6.07, 6.45) is -0.611. The number of carbonyl (C=O) groups is 2. The predicted octanol–water partition coefficient (Wildman–Crippen LogP) is 3.76. The molecule has 0 spiro atoms. The molecule has 206 valence electrons. The van der Waals surface area contributed by atoms with E-state index in [1.54, 1.807) is 46.1 Å². The van der Waals surface area contributed by atoms with Crippen molar-refractivity contribution in [2.45, 2.75) is 37.3 Å². The van der Waals surface area contributed by atoms with Gasteiger partial charge in [0.2, 0.25) is 0 Å². The number of nitrogens with one attached hydrogen (secondary N) is 2. The van der Waals surface area contributed by atoms with Gasteiger partial charge in [-0.1, -0.05) is 24.3 Å². The fourth-order valence-corrected chi connectivity index (χ4v) is 4.99. The number of methoxy groups -OCH3 is 1. The van der Waals surface area contributed by atoms with Crippen molar-refractivity contribution in [2.24, 2.45) is 0 Å². The van der Waals surface area contributed by atoms with Crippen LogP contribution in [0.2, 0.25) is 0 Å². The zero-order valence-electron chi connectivity index (χ0n) is 22.1. The summed E-state index contributed by atoms with van der Waals surface area (Å²) in [6.45, 7) is 5.45. The molecule has 1 saturated heterocycles. The number of sulfonamides is 1. The molecule has 3 amide bonds. The molecule has 3 aromatic rings. The highest BCUT2D eigenvalue weighted by molar-refractivity contribution is 7.90. The molecule has 3 aromatic carbocycles. The molecule has 3 N–H and O–H groups in total. The number of hydrogen-bond donors (Lipinski definition) is 3. The molecule has 0 saturated carbocycles. The summed E-state index contributed by atoms with van der Waals surface area (Å²) in [4.78, 5) is 26.3. The molecular formula is C28H31N3O7S. The van der Waals surface area contributed by atoms with Crippen LogP contribution in [-0.4, -0.2) is 62.2 Å². The van der Waals surface area contributed by atoms with Gasteiger partial charge in [0, 0.05) is 24.2 Å². The second-order valence-corrected chi connectivity index (χ2v) is 11.8. The maximum absolute atomic E-state index is 13.3. The van der Waals surface area contributed by atoms with Gasteiger partial charge in [0.15, 0.2) is 0 Å². The van der Waals surface area contributed by atoms with E-state index in [0.29, 0.717) is 11.5 Å². The van der Waals surface area contributed by atoms with Crippen LogP contribution in [0.3, 0.4) is 0 Å². The van der Waals surface area contributed by atoms with E-state index in [0.717, 1.165) is 11.1 Å². The normalized spacial score (nSPS) is 13.8. The van der Waals surface area contributed by atoms with E-state index in [1.165, 1.54) is 23.1 Å². The van der Waals surface area contributed by atoms with Crippen LogP contribution in [0.4, 0.5) is 4.79 Å². The lowest BCUT2D eigenvalue weighted by Crippen LogP contribution is -2.53. The summed E-state index contributed by atoms with van der Waals surface area (Å²) < 4.78 is 39.9. The Morgan fingerprint density at radius 3 is 2.26 bits per heavy atom. The Labute approximate surface area is 227 Å². The maximum Gasteiger partial charge on any atom is 0.329 e.